The molecule has 1 N–H and O–H groups in total. The molecular weight excluding hydrogens is 294 g/mol. The van der Waals surface area contributed by atoms with Crippen molar-refractivity contribution < 1.29 is 9.59 Å². The fraction of sp³-hybridized carbons (Fsp3) is 0.688. The van der Waals surface area contributed by atoms with E-state index in [0.717, 1.165) is 31.6 Å². The summed E-state index contributed by atoms with van der Waals surface area (Å²) in [5, 5.41) is 7.28. The summed E-state index contributed by atoms with van der Waals surface area (Å²) >= 11 is 0. The van der Waals surface area contributed by atoms with Crippen LogP contribution in [0.5, 0.6) is 0 Å². The van der Waals surface area contributed by atoms with Gasteiger partial charge in [-0.15, -0.1) is 0 Å². The average molecular weight is 319 g/mol. The van der Waals surface area contributed by atoms with Gasteiger partial charge in [-0.05, 0) is 32.8 Å². The number of nitrogens with one attached hydrogen (secondary N) is 1. The molecule has 0 saturated carbocycles. The van der Waals surface area contributed by atoms with Crippen LogP contribution >= 0.6 is 0 Å². The number of hydrogen-bond donors (Lipinski definition) is 1. The third-order valence-electron chi connectivity index (χ3n) is 4.60. The molecule has 1 unspecified atom stereocenters. The van der Waals surface area contributed by atoms with Gasteiger partial charge < -0.3 is 15.1 Å². The molecule has 0 aromatic carbocycles. The minimum absolute atomic E-state index is 0.0000227. The number of amides is 3. The first kappa shape index (κ1) is 15.8. The normalized spacial score (nSPS) is 21.9. The molecule has 2 saturated heterocycles. The topological polar surface area (TPSA) is 70.5 Å². The lowest BCUT2D eigenvalue weighted by molar-refractivity contribution is -0.132. The predicted octanol–water partition coefficient (Wildman–Crippen LogP) is 1.02. The molecular formula is C16H25N5O2. The molecule has 3 heterocycles. The molecule has 0 spiro atoms. The van der Waals surface area contributed by atoms with E-state index in [0.29, 0.717) is 25.6 Å². The molecule has 0 radical (unpaired) electrons. The zero-order valence-corrected chi connectivity index (χ0v) is 13.9. The first-order valence-electron chi connectivity index (χ1n) is 8.41. The van der Waals surface area contributed by atoms with Crippen LogP contribution in [0.2, 0.25) is 0 Å². The van der Waals surface area contributed by atoms with Crippen LogP contribution in [-0.2, 0) is 11.2 Å². The second-order valence-corrected chi connectivity index (χ2v) is 6.62. The van der Waals surface area contributed by atoms with E-state index in [2.05, 4.69) is 24.3 Å². The summed E-state index contributed by atoms with van der Waals surface area (Å²) < 4.78 is 1.87. The number of urea groups is 1. The highest BCUT2D eigenvalue weighted by atomic mass is 16.2. The first-order chi connectivity index (χ1) is 11.0. The van der Waals surface area contributed by atoms with Gasteiger partial charge in [-0.2, -0.15) is 5.10 Å². The van der Waals surface area contributed by atoms with Gasteiger partial charge in [0.15, 0.2) is 0 Å². The predicted molar refractivity (Wildman–Crippen MR) is 86.0 cm³/mol. The minimum Gasteiger partial charge on any atom is -0.340 e. The molecule has 3 amide bonds. The van der Waals surface area contributed by atoms with Crippen molar-refractivity contribution >= 4 is 11.9 Å². The molecule has 7 heteroatoms. The highest BCUT2D eigenvalue weighted by Gasteiger charge is 2.32. The van der Waals surface area contributed by atoms with Crippen LogP contribution < -0.4 is 5.32 Å². The zero-order chi connectivity index (χ0) is 16.4. The van der Waals surface area contributed by atoms with Crippen LogP contribution in [0.25, 0.3) is 0 Å². The van der Waals surface area contributed by atoms with E-state index in [1.54, 1.807) is 0 Å². The SMILES string of the molecule is CC(C)n1ccc(CC(=O)N2CCCC(N3CCNC3=O)C2)n1. The van der Waals surface area contributed by atoms with Crippen molar-refractivity contribution in [3.8, 4) is 0 Å². The number of aromatic nitrogens is 2. The van der Waals surface area contributed by atoms with Gasteiger partial charge in [0.2, 0.25) is 5.91 Å². The Morgan fingerprint density at radius 1 is 1.43 bits per heavy atom. The summed E-state index contributed by atoms with van der Waals surface area (Å²) in [6.07, 6.45) is 4.17. The Balaban J connectivity index is 1.59. The summed E-state index contributed by atoms with van der Waals surface area (Å²) in [6.45, 7) is 6.98. The standard InChI is InChI=1S/C16H25N5O2/c1-12(2)21-8-5-13(18-21)10-15(22)19-7-3-4-14(11-19)20-9-6-17-16(20)23/h5,8,12,14H,3-4,6-7,9-11H2,1-2H3,(H,17,23). The maximum Gasteiger partial charge on any atom is 0.317 e. The molecule has 7 nitrogen and oxygen atoms in total. The van der Waals surface area contributed by atoms with Crippen LogP contribution in [-0.4, -0.2) is 63.7 Å². The monoisotopic (exact) mass is 319 g/mol. The maximum absolute atomic E-state index is 12.5. The van der Waals surface area contributed by atoms with Crippen LogP contribution in [0, 0.1) is 0 Å². The summed E-state index contributed by atoms with van der Waals surface area (Å²) in [5.41, 5.74) is 0.810. The lowest BCUT2D eigenvalue weighted by atomic mass is 10.0. The Kier molecular flexibility index (Phi) is 4.54. The van der Waals surface area contributed by atoms with Crippen LogP contribution in [0.1, 0.15) is 38.4 Å². The van der Waals surface area contributed by atoms with Crippen LogP contribution in [0.15, 0.2) is 12.3 Å². The van der Waals surface area contributed by atoms with Crippen LogP contribution in [0.4, 0.5) is 4.79 Å². The van der Waals surface area contributed by atoms with E-state index in [9.17, 15) is 9.59 Å². The van der Waals surface area contributed by atoms with E-state index in [1.807, 2.05) is 26.7 Å². The van der Waals surface area contributed by atoms with Crippen molar-refractivity contribution in [2.75, 3.05) is 26.2 Å². The quantitative estimate of drug-likeness (QED) is 0.901. The molecule has 3 rings (SSSR count). The van der Waals surface area contributed by atoms with E-state index in [-0.39, 0.29) is 18.0 Å². The van der Waals surface area contributed by atoms with Crippen molar-refractivity contribution in [2.45, 2.75) is 45.2 Å². The molecule has 0 bridgehead atoms. The van der Waals surface area contributed by atoms with Gasteiger partial charge in [-0.3, -0.25) is 9.48 Å². The molecule has 1 aromatic heterocycles. The van der Waals surface area contributed by atoms with E-state index < -0.39 is 0 Å². The number of carbonyl (C=O) groups is 2. The molecule has 1 atom stereocenters. The zero-order valence-electron chi connectivity index (χ0n) is 13.9. The van der Waals surface area contributed by atoms with E-state index in [4.69, 9.17) is 0 Å². The number of nitrogens with zero attached hydrogens (tertiary/aromatic N) is 4. The number of rotatable bonds is 4. The summed E-state index contributed by atoms with van der Waals surface area (Å²) in [7, 11) is 0. The lowest BCUT2D eigenvalue weighted by Crippen LogP contribution is -2.51. The third kappa shape index (κ3) is 3.48. The highest BCUT2D eigenvalue weighted by molar-refractivity contribution is 5.79. The largest absolute Gasteiger partial charge is 0.340 e. The van der Waals surface area contributed by atoms with Crippen molar-refractivity contribution in [1.82, 2.24) is 24.9 Å². The van der Waals surface area contributed by atoms with Gasteiger partial charge in [-0.1, -0.05) is 0 Å². The minimum atomic E-state index is -0.0000227. The highest BCUT2D eigenvalue weighted by Crippen LogP contribution is 2.18. The molecule has 126 valence electrons. The van der Waals surface area contributed by atoms with Gasteiger partial charge >= 0.3 is 6.03 Å². The van der Waals surface area contributed by atoms with Gasteiger partial charge in [0.25, 0.3) is 0 Å². The molecule has 2 aliphatic heterocycles. The second kappa shape index (κ2) is 6.60. The van der Waals surface area contributed by atoms with Gasteiger partial charge in [-0.25, -0.2) is 4.79 Å². The Bertz CT molecular complexity index is 583. The number of likely N-dealkylation sites (tertiary alicyclic amines) is 1. The first-order valence-corrected chi connectivity index (χ1v) is 8.41. The van der Waals surface area contributed by atoms with Gasteiger partial charge in [0.1, 0.15) is 0 Å². The fourth-order valence-corrected chi connectivity index (χ4v) is 3.30. The van der Waals surface area contributed by atoms with Crippen LogP contribution in [0.3, 0.4) is 0 Å². The molecule has 23 heavy (non-hydrogen) atoms. The van der Waals surface area contributed by atoms with E-state index >= 15 is 0 Å². The molecule has 1 aromatic rings. The van der Waals surface area contributed by atoms with E-state index in [1.165, 1.54) is 0 Å². The van der Waals surface area contributed by atoms with Gasteiger partial charge in [0.05, 0.1) is 18.2 Å². The average Bonchev–Trinajstić information content (AvgIpc) is 3.16. The number of piperidine rings is 1. The molecule has 2 fully saturated rings. The summed E-state index contributed by atoms with van der Waals surface area (Å²) in [6, 6.07) is 2.35. The summed E-state index contributed by atoms with van der Waals surface area (Å²) in [5.74, 6) is 0.100. The van der Waals surface area contributed by atoms with Crippen molar-refractivity contribution in [3.63, 3.8) is 0 Å². The summed E-state index contributed by atoms with van der Waals surface area (Å²) in [4.78, 5) is 28.1. The number of hydrogen-bond acceptors (Lipinski definition) is 3. The van der Waals surface area contributed by atoms with Crippen molar-refractivity contribution in [1.29, 1.82) is 0 Å². The Morgan fingerprint density at radius 2 is 2.26 bits per heavy atom. The molecule has 2 aliphatic rings. The second-order valence-electron chi connectivity index (χ2n) is 6.62. The number of carbonyl (C=O) groups excluding carboxylic acids is 2. The van der Waals surface area contributed by atoms with Gasteiger partial charge in [0, 0.05) is 38.4 Å². The Morgan fingerprint density at radius 3 is 2.91 bits per heavy atom. The lowest BCUT2D eigenvalue weighted by Gasteiger charge is -2.37. The third-order valence-corrected chi connectivity index (χ3v) is 4.60. The maximum atomic E-state index is 12.5. The Hall–Kier alpha value is -2.05. The molecule has 0 aliphatic carbocycles. The smallest absolute Gasteiger partial charge is 0.317 e. The Labute approximate surface area is 136 Å². The van der Waals surface area contributed by atoms with Crippen molar-refractivity contribution in [2.24, 2.45) is 0 Å². The van der Waals surface area contributed by atoms with Crippen molar-refractivity contribution in [3.05, 3.63) is 18.0 Å². The fourth-order valence-electron chi connectivity index (χ4n) is 3.30.